The first-order valence-corrected chi connectivity index (χ1v) is 12.5. The summed E-state index contributed by atoms with van der Waals surface area (Å²) >= 11 is 0. The maximum Gasteiger partial charge on any atom is 0.417 e. The number of piperazine rings is 1. The van der Waals surface area contributed by atoms with Crippen LogP contribution in [0.15, 0.2) is 41.5 Å². The van der Waals surface area contributed by atoms with Gasteiger partial charge in [0.15, 0.2) is 0 Å². The number of H-pyrrole nitrogens is 1. The number of carbonyl (C=O) groups excluding carboxylic acids is 2. The highest BCUT2D eigenvalue weighted by Gasteiger charge is 2.36. The lowest BCUT2D eigenvalue weighted by Gasteiger charge is -2.44. The number of hydrogen-bond acceptors (Lipinski definition) is 6. The van der Waals surface area contributed by atoms with Gasteiger partial charge in [-0.3, -0.25) is 19.3 Å². The van der Waals surface area contributed by atoms with Crippen LogP contribution in [0.5, 0.6) is 0 Å². The molecule has 2 atom stereocenters. The summed E-state index contributed by atoms with van der Waals surface area (Å²) in [7, 11) is 1.97. The molecule has 1 aromatic carbocycles. The van der Waals surface area contributed by atoms with Gasteiger partial charge in [0.1, 0.15) is 11.6 Å². The number of likely N-dealkylation sites (N-methyl/N-ethyl adjacent to an activating group) is 1. The van der Waals surface area contributed by atoms with Gasteiger partial charge in [-0.05, 0) is 39.1 Å². The summed E-state index contributed by atoms with van der Waals surface area (Å²) in [5.74, 6) is -1.63. The summed E-state index contributed by atoms with van der Waals surface area (Å²) in [6.45, 7) is 4.94. The molecule has 2 aromatic heterocycles. The first kappa shape index (κ1) is 27.3. The van der Waals surface area contributed by atoms with Gasteiger partial charge in [-0.1, -0.05) is 0 Å². The van der Waals surface area contributed by atoms with Gasteiger partial charge in [0.05, 0.1) is 28.9 Å². The topological polar surface area (TPSA) is 110 Å². The largest absolute Gasteiger partial charge is 0.417 e. The molecule has 3 aromatic rings. The van der Waals surface area contributed by atoms with E-state index in [0.717, 1.165) is 0 Å². The van der Waals surface area contributed by atoms with Crippen molar-refractivity contribution in [2.24, 2.45) is 0 Å². The van der Waals surface area contributed by atoms with Gasteiger partial charge in [0.2, 0.25) is 11.5 Å². The van der Waals surface area contributed by atoms with Crippen LogP contribution >= 0.6 is 0 Å². The van der Waals surface area contributed by atoms with Gasteiger partial charge in [-0.2, -0.15) is 13.2 Å². The third kappa shape index (κ3) is 5.16. The molecule has 2 amide bonds. The van der Waals surface area contributed by atoms with Crippen molar-refractivity contribution in [3.63, 3.8) is 0 Å². The van der Waals surface area contributed by atoms with Gasteiger partial charge in [0.25, 0.3) is 5.91 Å². The molecule has 0 bridgehead atoms. The molecular formula is C27H26F4N6O3. The molecule has 0 saturated carbocycles. The lowest BCUT2D eigenvalue weighted by molar-refractivity contribution is -0.138. The Bertz CT molecular complexity index is 1560. The lowest BCUT2D eigenvalue weighted by Crippen LogP contribution is -2.55. The van der Waals surface area contributed by atoms with Crippen LogP contribution in [0.4, 0.5) is 34.8 Å². The lowest BCUT2D eigenvalue weighted by atomic mass is 10.0. The first-order valence-electron chi connectivity index (χ1n) is 12.5. The van der Waals surface area contributed by atoms with Gasteiger partial charge in [0, 0.05) is 60.3 Å². The van der Waals surface area contributed by atoms with Crippen molar-refractivity contribution in [2.75, 3.05) is 35.7 Å². The first-order chi connectivity index (χ1) is 18.8. The molecule has 13 heteroatoms. The van der Waals surface area contributed by atoms with Gasteiger partial charge < -0.3 is 20.5 Å². The summed E-state index contributed by atoms with van der Waals surface area (Å²) in [5.41, 5.74) is -1.86. The second-order valence-corrected chi connectivity index (χ2v) is 10.2. The molecule has 2 aliphatic rings. The predicted octanol–water partition coefficient (Wildman–Crippen LogP) is 3.87. The molecule has 0 spiro atoms. The monoisotopic (exact) mass is 558 g/mol. The summed E-state index contributed by atoms with van der Waals surface area (Å²) in [4.78, 5) is 46.9. The van der Waals surface area contributed by atoms with E-state index >= 15 is 4.39 Å². The van der Waals surface area contributed by atoms with E-state index in [1.165, 1.54) is 18.3 Å². The maximum absolute atomic E-state index is 15.6. The zero-order valence-corrected chi connectivity index (χ0v) is 21.8. The number of hydrogen-bond donors (Lipinski definition) is 3. The average Bonchev–Trinajstić information content (AvgIpc) is 3.26. The van der Waals surface area contributed by atoms with Crippen LogP contribution in [0, 0.1) is 5.82 Å². The molecule has 210 valence electrons. The Hall–Kier alpha value is -4.26. The predicted molar refractivity (Wildman–Crippen MR) is 141 cm³/mol. The number of amides is 2. The Morgan fingerprint density at radius 3 is 2.48 bits per heavy atom. The van der Waals surface area contributed by atoms with Crippen LogP contribution in [0.25, 0.3) is 11.1 Å². The molecule has 5 rings (SSSR count). The number of rotatable bonds is 4. The van der Waals surface area contributed by atoms with Crippen molar-refractivity contribution in [1.82, 2.24) is 14.9 Å². The third-order valence-corrected chi connectivity index (χ3v) is 7.39. The Balaban J connectivity index is 1.60. The number of alkyl halides is 3. The van der Waals surface area contributed by atoms with E-state index < -0.39 is 34.6 Å². The molecular weight excluding hydrogens is 532 g/mol. The molecule has 2 aliphatic heterocycles. The molecule has 9 nitrogen and oxygen atoms in total. The number of benzene rings is 1. The second-order valence-electron chi connectivity index (χ2n) is 10.2. The quantitative estimate of drug-likeness (QED) is 0.420. The number of aromatic nitrogens is 2. The van der Waals surface area contributed by atoms with Gasteiger partial charge in [-0.15, -0.1) is 0 Å². The summed E-state index contributed by atoms with van der Waals surface area (Å²) in [6.07, 6.45) is -2.80. The van der Waals surface area contributed by atoms with Gasteiger partial charge >= 0.3 is 6.18 Å². The van der Waals surface area contributed by atoms with Crippen LogP contribution in [0.2, 0.25) is 0 Å². The van der Waals surface area contributed by atoms with Crippen molar-refractivity contribution >= 4 is 29.0 Å². The van der Waals surface area contributed by atoms with Crippen LogP contribution in [-0.2, 0) is 17.4 Å². The van der Waals surface area contributed by atoms with E-state index in [2.05, 4.69) is 25.5 Å². The van der Waals surface area contributed by atoms with Crippen LogP contribution in [0.1, 0.15) is 35.3 Å². The fourth-order valence-corrected chi connectivity index (χ4v) is 5.08. The van der Waals surface area contributed by atoms with Crippen molar-refractivity contribution in [3.8, 4) is 11.1 Å². The SMILES string of the molecule is CC1CN(c2cc(F)c(-c3cnc4c(c3)CC(=O)N4)cc2NC(=O)c2c[nH]c(=O)cc2C(F)(F)F)CC(C)N1C. The number of nitrogens with one attached hydrogen (secondary N) is 3. The van der Waals surface area contributed by atoms with E-state index in [1.807, 2.05) is 25.8 Å². The highest BCUT2D eigenvalue weighted by molar-refractivity contribution is 6.07. The number of pyridine rings is 2. The van der Waals surface area contributed by atoms with Gasteiger partial charge in [-0.25, -0.2) is 9.37 Å². The number of aromatic amines is 1. The zero-order valence-electron chi connectivity index (χ0n) is 21.8. The number of fused-ring (bicyclic) bond motifs is 1. The summed E-state index contributed by atoms with van der Waals surface area (Å²) in [6, 6.07) is 4.65. The number of nitrogens with zero attached hydrogens (tertiary/aromatic N) is 3. The van der Waals surface area contributed by atoms with Crippen LogP contribution in [-0.4, -0.2) is 58.9 Å². The normalized spacial score (nSPS) is 19.4. The number of halogens is 4. The summed E-state index contributed by atoms with van der Waals surface area (Å²) < 4.78 is 56.6. The van der Waals surface area contributed by atoms with E-state index in [-0.39, 0.29) is 35.7 Å². The van der Waals surface area contributed by atoms with Crippen molar-refractivity contribution in [1.29, 1.82) is 0 Å². The minimum atomic E-state index is -4.96. The van der Waals surface area contributed by atoms with E-state index in [0.29, 0.717) is 48.0 Å². The Kier molecular flexibility index (Phi) is 6.86. The highest BCUT2D eigenvalue weighted by atomic mass is 19.4. The Labute approximate surface area is 226 Å². The van der Waals surface area contributed by atoms with E-state index in [9.17, 15) is 27.6 Å². The Morgan fingerprint density at radius 1 is 1.10 bits per heavy atom. The van der Waals surface area contributed by atoms with Crippen molar-refractivity contribution < 1.29 is 27.2 Å². The molecule has 40 heavy (non-hydrogen) atoms. The number of anilines is 3. The fraction of sp³-hybridized carbons (Fsp3) is 0.333. The van der Waals surface area contributed by atoms with Crippen LogP contribution in [0.3, 0.4) is 0 Å². The van der Waals surface area contributed by atoms with Crippen molar-refractivity contribution in [3.05, 3.63) is 69.5 Å². The second kappa shape index (κ2) is 10.0. The molecule has 1 saturated heterocycles. The molecule has 4 heterocycles. The smallest absolute Gasteiger partial charge is 0.367 e. The van der Waals surface area contributed by atoms with E-state index in [1.54, 1.807) is 6.07 Å². The standard InChI is InChI=1S/C27H26F4N6O3/c1-13-11-37(12-14(2)36(13)3)22-8-20(28)17(16-4-15-5-24(39)35-25(15)33-9-16)6-21(22)34-26(40)18-10-32-23(38)7-19(18)27(29,30)31/h4,6-10,13-14H,5,11-12H2,1-3H3,(H,32,38)(H,34,40)(H,33,35,39). The van der Waals surface area contributed by atoms with E-state index in [4.69, 9.17) is 0 Å². The summed E-state index contributed by atoms with van der Waals surface area (Å²) in [5, 5.41) is 5.13. The fourth-order valence-electron chi connectivity index (χ4n) is 5.08. The molecule has 1 fully saturated rings. The van der Waals surface area contributed by atoms with Crippen molar-refractivity contribution in [2.45, 2.75) is 38.5 Å². The molecule has 3 N–H and O–H groups in total. The third-order valence-electron chi connectivity index (χ3n) is 7.39. The minimum absolute atomic E-state index is 0.0430. The Morgan fingerprint density at radius 2 is 1.80 bits per heavy atom. The average molecular weight is 559 g/mol. The molecule has 0 radical (unpaired) electrons. The zero-order chi connectivity index (χ0) is 28.9. The van der Waals surface area contributed by atoms with Crippen LogP contribution < -0.4 is 21.1 Å². The number of carbonyl (C=O) groups is 2. The molecule has 2 unspecified atom stereocenters. The minimum Gasteiger partial charge on any atom is -0.367 e. The maximum atomic E-state index is 15.6. The highest BCUT2D eigenvalue weighted by Crippen LogP contribution is 2.38. The molecule has 0 aliphatic carbocycles.